The van der Waals surface area contributed by atoms with Gasteiger partial charge in [0.05, 0.1) is 13.2 Å². The van der Waals surface area contributed by atoms with Gasteiger partial charge < -0.3 is 14.4 Å². The van der Waals surface area contributed by atoms with E-state index in [0.717, 1.165) is 64.0 Å². The number of allylic oxidation sites excluding steroid dienone is 1. The Bertz CT molecular complexity index is 908. The normalized spacial score (nSPS) is 12.8. The minimum absolute atomic E-state index is 0.0107. The summed E-state index contributed by atoms with van der Waals surface area (Å²) in [7, 11) is 0. The maximum atomic E-state index is 12.3. The molecule has 0 aromatic carbocycles. The Hall–Kier alpha value is -2.02. The molecule has 3 atom stereocenters. The van der Waals surface area contributed by atoms with E-state index in [-0.39, 0.29) is 11.9 Å². The molecule has 0 saturated carbocycles. The molecule has 0 saturated heterocycles. The molecule has 5 heteroatoms. The predicted molar refractivity (Wildman–Crippen MR) is 213 cm³/mol. The van der Waals surface area contributed by atoms with Crippen LogP contribution in [0, 0.1) is 17.8 Å². The summed E-state index contributed by atoms with van der Waals surface area (Å²) in [4.78, 5) is 27.0. The molecule has 0 aliphatic carbocycles. The van der Waals surface area contributed by atoms with Gasteiger partial charge in [-0.25, -0.2) is 0 Å². The van der Waals surface area contributed by atoms with E-state index in [9.17, 15) is 9.59 Å². The molecule has 0 radical (unpaired) electrons. The molecule has 0 aromatic heterocycles. The topological polar surface area (TPSA) is 55.8 Å². The lowest BCUT2D eigenvalue weighted by molar-refractivity contribution is -0.145. The number of ether oxygens (including phenoxy) is 2. The van der Waals surface area contributed by atoms with Gasteiger partial charge in [-0.2, -0.15) is 0 Å². The highest BCUT2D eigenvalue weighted by molar-refractivity contribution is 5.69. The number of nitrogens with zero attached hydrogens (tertiary/aromatic N) is 1. The molecule has 0 heterocycles. The van der Waals surface area contributed by atoms with Crippen LogP contribution < -0.4 is 0 Å². The van der Waals surface area contributed by atoms with Crippen LogP contribution in [0.3, 0.4) is 0 Å². The molecular weight excluding hydrogens is 618 g/mol. The maximum absolute atomic E-state index is 12.3. The second-order valence-electron chi connectivity index (χ2n) is 14.8. The first-order chi connectivity index (χ1) is 24.4. The van der Waals surface area contributed by atoms with E-state index in [1.54, 1.807) is 0 Å². The third kappa shape index (κ3) is 31.9. The lowest BCUT2D eigenvalue weighted by Gasteiger charge is -2.23. The van der Waals surface area contributed by atoms with Crippen LogP contribution in [0.5, 0.6) is 0 Å². The molecule has 0 rings (SSSR count). The number of hydrogen-bond acceptors (Lipinski definition) is 5. The largest absolute Gasteiger partial charge is 0.466 e. The van der Waals surface area contributed by atoms with Crippen molar-refractivity contribution in [1.82, 2.24) is 4.90 Å². The van der Waals surface area contributed by atoms with Crippen LogP contribution in [0.1, 0.15) is 195 Å². The minimum Gasteiger partial charge on any atom is -0.466 e. The van der Waals surface area contributed by atoms with Gasteiger partial charge in [-0.15, -0.1) is 0 Å². The van der Waals surface area contributed by atoms with Crippen LogP contribution in [-0.4, -0.2) is 49.7 Å². The first-order valence-corrected chi connectivity index (χ1v) is 21.3. The zero-order chi connectivity index (χ0) is 36.9. The summed E-state index contributed by atoms with van der Waals surface area (Å²) in [6.45, 7) is 19.3. The van der Waals surface area contributed by atoms with Gasteiger partial charge in [0.15, 0.2) is 0 Å². The van der Waals surface area contributed by atoms with Crippen molar-refractivity contribution in [1.29, 1.82) is 0 Å². The molecule has 0 aromatic rings. The van der Waals surface area contributed by atoms with E-state index in [4.69, 9.17) is 9.47 Å². The predicted octanol–water partition coefficient (Wildman–Crippen LogP) is 12.7. The van der Waals surface area contributed by atoms with Crippen LogP contribution in [0.2, 0.25) is 0 Å². The fraction of sp³-hybridized carbons (Fsp3) is 0.844. The van der Waals surface area contributed by atoms with Crippen molar-refractivity contribution in [2.24, 2.45) is 17.8 Å². The summed E-state index contributed by atoms with van der Waals surface area (Å²) in [5, 5.41) is 0. The Balaban J connectivity index is 4.17. The second kappa shape index (κ2) is 36.8. The molecule has 0 N–H and O–H groups in total. The Kier molecular flexibility index (Phi) is 35.3. The standard InChI is InChI=1S/C45H81NO4/c1-7-12-21-28-41(6)36-39-49-44(47)33-26-19-15-17-24-31-42(35-38-46(10-4)11-5)32-25-18-16-20-27-34-45(48)50-40-37-43(29-22-13-8-2)30-23-14-9-3/h29,41-43H,2,7,9-12,14-21,23-28,30-40H2,1,3-6H3. The van der Waals surface area contributed by atoms with Crippen molar-refractivity contribution in [2.45, 2.75) is 195 Å². The van der Waals surface area contributed by atoms with E-state index in [0.29, 0.717) is 37.9 Å². The number of carbonyl (C=O) groups is 2. The van der Waals surface area contributed by atoms with Crippen LogP contribution >= 0.6 is 0 Å². The molecule has 3 unspecified atom stereocenters. The van der Waals surface area contributed by atoms with Gasteiger partial charge in [-0.3, -0.25) is 9.59 Å². The third-order valence-electron chi connectivity index (χ3n) is 10.3. The molecule has 5 nitrogen and oxygen atoms in total. The van der Waals surface area contributed by atoms with Gasteiger partial charge in [-0.05, 0) is 94.3 Å². The van der Waals surface area contributed by atoms with Crippen LogP contribution in [0.25, 0.3) is 0 Å². The molecule has 0 fully saturated rings. The van der Waals surface area contributed by atoms with Gasteiger partial charge in [-0.1, -0.05) is 155 Å². The Morgan fingerprint density at radius 3 is 1.66 bits per heavy atom. The Morgan fingerprint density at radius 2 is 1.12 bits per heavy atom. The number of unbranched alkanes of at least 4 members (excludes halogenated alkanes) is 12. The van der Waals surface area contributed by atoms with Gasteiger partial charge >= 0.3 is 11.9 Å². The number of rotatable bonds is 36. The summed E-state index contributed by atoms with van der Waals surface area (Å²) in [5.74, 6) is 1.74. The first kappa shape index (κ1) is 48.0. The average molecular weight is 700 g/mol. The summed E-state index contributed by atoms with van der Waals surface area (Å²) in [6.07, 6.45) is 30.3. The monoisotopic (exact) mass is 700 g/mol. The Morgan fingerprint density at radius 1 is 0.620 bits per heavy atom. The fourth-order valence-corrected chi connectivity index (χ4v) is 6.71. The zero-order valence-corrected chi connectivity index (χ0v) is 33.8. The van der Waals surface area contributed by atoms with Gasteiger partial charge in [0.1, 0.15) is 0 Å². The maximum Gasteiger partial charge on any atom is 0.305 e. The highest BCUT2D eigenvalue weighted by atomic mass is 16.5. The van der Waals surface area contributed by atoms with Gasteiger partial charge in [0.2, 0.25) is 0 Å². The van der Waals surface area contributed by atoms with Crippen molar-refractivity contribution in [3.05, 3.63) is 29.8 Å². The van der Waals surface area contributed by atoms with Crippen molar-refractivity contribution in [2.75, 3.05) is 32.8 Å². The molecule has 0 spiro atoms. The second-order valence-corrected chi connectivity index (χ2v) is 14.8. The third-order valence-corrected chi connectivity index (χ3v) is 10.3. The van der Waals surface area contributed by atoms with Crippen LogP contribution in [0.4, 0.5) is 0 Å². The van der Waals surface area contributed by atoms with E-state index in [1.807, 2.05) is 6.08 Å². The number of esters is 2. The highest BCUT2D eigenvalue weighted by Gasteiger charge is 2.12. The Labute approximate surface area is 310 Å². The smallest absolute Gasteiger partial charge is 0.305 e. The number of carbonyl (C=O) groups excluding carboxylic acids is 2. The summed E-state index contributed by atoms with van der Waals surface area (Å²) in [5.41, 5.74) is 8.41. The van der Waals surface area contributed by atoms with E-state index >= 15 is 0 Å². The SMILES string of the molecule is C=C=C=C=CC(CCCCC)CCOC(=O)CCCCCCCC(CCCCCCCC(=O)OCCC(C)CCCCC)CCN(CC)CC. The van der Waals surface area contributed by atoms with Gasteiger partial charge in [0, 0.05) is 12.8 Å². The molecule has 0 aliphatic rings. The lowest BCUT2D eigenvalue weighted by atomic mass is 9.91. The zero-order valence-electron chi connectivity index (χ0n) is 33.8. The highest BCUT2D eigenvalue weighted by Crippen LogP contribution is 2.23. The molecule has 290 valence electrons. The first-order valence-electron chi connectivity index (χ1n) is 21.3. The molecule has 0 amide bonds. The fourth-order valence-electron chi connectivity index (χ4n) is 6.71. The van der Waals surface area contributed by atoms with E-state index in [1.165, 1.54) is 109 Å². The van der Waals surface area contributed by atoms with Crippen LogP contribution in [-0.2, 0) is 19.1 Å². The van der Waals surface area contributed by atoms with E-state index < -0.39 is 0 Å². The summed E-state index contributed by atoms with van der Waals surface area (Å²) in [6, 6.07) is 0. The van der Waals surface area contributed by atoms with Crippen molar-refractivity contribution >= 4 is 11.9 Å². The van der Waals surface area contributed by atoms with Crippen LogP contribution in [0.15, 0.2) is 29.8 Å². The molecule has 0 bridgehead atoms. The lowest BCUT2D eigenvalue weighted by Crippen LogP contribution is -2.25. The van der Waals surface area contributed by atoms with Gasteiger partial charge in [0.25, 0.3) is 0 Å². The number of hydrogen-bond donors (Lipinski definition) is 0. The van der Waals surface area contributed by atoms with Crippen molar-refractivity contribution in [3.8, 4) is 0 Å². The van der Waals surface area contributed by atoms with Crippen molar-refractivity contribution in [3.63, 3.8) is 0 Å². The molecule has 0 aliphatic heterocycles. The summed E-state index contributed by atoms with van der Waals surface area (Å²) >= 11 is 0. The quantitative estimate of drug-likeness (QED) is 0.0370. The minimum atomic E-state index is -0.0580. The van der Waals surface area contributed by atoms with Crippen molar-refractivity contribution < 1.29 is 19.1 Å². The molecular formula is C45H81NO4. The van der Waals surface area contributed by atoms with E-state index in [2.05, 4.69) is 63.3 Å². The summed E-state index contributed by atoms with van der Waals surface area (Å²) < 4.78 is 11.1. The average Bonchev–Trinajstić information content (AvgIpc) is 3.10. The molecule has 50 heavy (non-hydrogen) atoms.